The third-order valence-electron chi connectivity index (χ3n) is 4.40. The highest BCUT2D eigenvalue weighted by molar-refractivity contribution is 5.93. The van der Waals surface area contributed by atoms with Crippen molar-refractivity contribution in [3.63, 3.8) is 0 Å². The van der Waals surface area contributed by atoms with Crippen LogP contribution in [0.5, 0.6) is 0 Å². The number of rotatable bonds is 6. The van der Waals surface area contributed by atoms with Crippen molar-refractivity contribution in [1.29, 1.82) is 0 Å². The molecule has 1 aromatic heterocycles. The van der Waals surface area contributed by atoms with Crippen LogP contribution >= 0.6 is 12.4 Å². The molecular formula is C18H24ClN5O2. The van der Waals surface area contributed by atoms with Gasteiger partial charge in [0.25, 0.3) is 5.91 Å². The van der Waals surface area contributed by atoms with Gasteiger partial charge in [0, 0.05) is 24.8 Å². The van der Waals surface area contributed by atoms with Crippen molar-refractivity contribution in [3.8, 4) is 0 Å². The van der Waals surface area contributed by atoms with Gasteiger partial charge in [-0.1, -0.05) is 12.1 Å². The molecule has 2 heterocycles. The molecule has 1 aromatic carbocycles. The van der Waals surface area contributed by atoms with E-state index in [1.165, 1.54) is 0 Å². The van der Waals surface area contributed by atoms with E-state index in [0.717, 1.165) is 31.5 Å². The Hall–Kier alpha value is -2.38. The summed E-state index contributed by atoms with van der Waals surface area (Å²) in [6.07, 6.45) is 4.69. The second kappa shape index (κ2) is 9.35. The van der Waals surface area contributed by atoms with Gasteiger partial charge < -0.3 is 16.4 Å². The van der Waals surface area contributed by atoms with Crippen molar-refractivity contribution >= 4 is 24.2 Å². The van der Waals surface area contributed by atoms with Crippen LogP contribution in [0.4, 0.5) is 0 Å². The largest absolute Gasteiger partial charge is 0.366 e. The van der Waals surface area contributed by atoms with Crippen molar-refractivity contribution in [2.75, 3.05) is 19.6 Å². The van der Waals surface area contributed by atoms with Gasteiger partial charge in [-0.25, -0.2) is 0 Å². The third-order valence-corrected chi connectivity index (χ3v) is 4.40. The number of nitrogens with zero attached hydrogens (tertiary/aromatic N) is 2. The Morgan fingerprint density at radius 1 is 1.35 bits per heavy atom. The van der Waals surface area contributed by atoms with Gasteiger partial charge in [0.05, 0.1) is 6.04 Å². The summed E-state index contributed by atoms with van der Waals surface area (Å²) < 4.78 is 1.87. The molecule has 3 rings (SSSR count). The van der Waals surface area contributed by atoms with E-state index in [4.69, 9.17) is 5.73 Å². The van der Waals surface area contributed by atoms with E-state index in [1.807, 2.05) is 16.9 Å². The van der Waals surface area contributed by atoms with Gasteiger partial charge in [-0.3, -0.25) is 14.3 Å². The number of carbonyl (C=O) groups is 2. The SMILES string of the molecule is Cl.NC(=O)c1cccc(CCNC(=O)c2ccn(C3CCCNC3)n2)c1. The van der Waals surface area contributed by atoms with E-state index in [1.54, 1.807) is 24.3 Å². The van der Waals surface area contributed by atoms with Crippen LogP contribution in [0, 0.1) is 0 Å². The summed E-state index contributed by atoms with van der Waals surface area (Å²) in [4.78, 5) is 23.4. The molecule has 1 aliphatic heterocycles. The fraction of sp³-hybridized carbons (Fsp3) is 0.389. The number of benzene rings is 1. The number of halogens is 1. The van der Waals surface area contributed by atoms with Crippen LogP contribution < -0.4 is 16.4 Å². The molecule has 1 aliphatic rings. The van der Waals surface area contributed by atoms with Crippen molar-refractivity contribution < 1.29 is 9.59 Å². The topological polar surface area (TPSA) is 102 Å². The van der Waals surface area contributed by atoms with Crippen LogP contribution in [0.2, 0.25) is 0 Å². The predicted octanol–water partition coefficient (Wildman–Crippen LogP) is 1.30. The quantitative estimate of drug-likeness (QED) is 0.706. The Kier molecular flexibility index (Phi) is 7.17. The molecule has 140 valence electrons. The molecule has 0 radical (unpaired) electrons. The average molecular weight is 378 g/mol. The van der Waals surface area contributed by atoms with E-state index >= 15 is 0 Å². The Morgan fingerprint density at radius 2 is 2.19 bits per heavy atom. The summed E-state index contributed by atoms with van der Waals surface area (Å²) in [5, 5.41) is 10.6. The van der Waals surface area contributed by atoms with Gasteiger partial charge in [-0.15, -0.1) is 12.4 Å². The molecule has 0 bridgehead atoms. The number of nitrogens with two attached hydrogens (primary N) is 1. The number of carbonyl (C=O) groups excluding carboxylic acids is 2. The fourth-order valence-corrected chi connectivity index (χ4v) is 3.01. The summed E-state index contributed by atoms with van der Waals surface area (Å²) in [7, 11) is 0. The molecule has 4 N–H and O–H groups in total. The van der Waals surface area contributed by atoms with E-state index < -0.39 is 5.91 Å². The Morgan fingerprint density at radius 3 is 2.92 bits per heavy atom. The molecule has 1 unspecified atom stereocenters. The van der Waals surface area contributed by atoms with Crippen LogP contribution in [0.1, 0.15) is 45.3 Å². The second-order valence-electron chi connectivity index (χ2n) is 6.25. The minimum Gasteiger partial charge on any atom is -0.366 e. The Balaban J connectivity index is 0.00000243. The number of hydrogen-bond donors (Lipinski definition) is 3. The van der Waals surface area contributed by atoms with Crippen LogP contribution in [-0.2, 0) is 6.42 Å². The molecule has 8 heteroatoms. The molecule has 1 fully saturated rings. The monoisotopic (exact) mass is 377 g/mol. The van der Waals surface area contributed by atoms with Gasteiger partial charge in [0.1, 0.15) is 5.69 Å². The third kappa shape index (κ3) is 5.06. The van der Waals surface area contributed by atoms with E-state index in [2.05, 4.69) is 15.7 Å². The van der Waals surface area contributed by atoms with Crippen LogP contribution in [0.25, 0.3) is 0 Å². The van der Waals surface area contributed by atoms with Gasteiger partial charge in [-0.2, -0.15) is 5.10 Å². The van der Waals surface area contributed by atoms with Gasteiger partial charge in [-0.05, 0) is 49.6 Å². The zero-order chi connectivity index (χ0) is 17.6. The molecule has 0 aliphatic carbocycles. The molecule has 0 saturated carbocycles. The van der Waals surface area contributed by atoms with Gasteiger partial charge in [0.15, 0.2) is 0 Å². The number of hydrogen-bond acceptors (Lipinski definition) is 4. The molecular weight excluding hydrogens is 354 g/mol. The molecule has 26 heavy (non-hydrogen) atoms. The maximum atomic E-state index is 12.2. The first kappa shape index (κ1) is 19.9. The molecule has 7 nitrogen and oxygen atoms in total. The maximum absolute atomic E-state index is 12.2. The highest BCUT2D eigenvalue weighted by Crippen LogP contribution is 2.15. The first-order chi connectivity index (χ1) is 12.1. The zero-order valence-corrected chi connectivity index (χ0v) is 15.3. The highest BCUT2D eigenvalue weighted by Gasteiger charge is 2.17. The molecule has 1 atom stereocenters. The summed E-state index contributed by atoms with van der Waals surface area (Å²) >= 11 is 0. The average Bonchev–Trinajstić information content (AvgIpc) is 3.13. The lowest BCUT2D eigenvalue weighted by Crippen LogP contribution is -2.32. The Bertz CT molecular complexity index is 756. The van der Waals surface area contributed by atoms with Crippen LogP contribution in [0.3, 0.4) is 0 Å². The summed E-state index contributed by atoms with van der Waals surface area (Å²) in [5.41, 5.74) is 7.13. The lowest BCUT2D eigenvalue weighted by molar-refractivity contribution is 0.0946. The Labute approximate surface area is 158 Å². The molecule has 2 amide bonds. The van der Waals surface area contributed by atoms with Crippen molar-refractivity contribution in [2.24, 2.45) is 5.73 Å². The second-order valence-corrected chi connectivity index (χ2v) is 6.25. The van der Waals surface area contributed by atoms with Gasteiger partial charge in [0.2, 0.25) is 5.91 Å². The fourth-order valence-electron chi connectivity index (χ4n) is 3.01. The minimum absolute atomic E-state index is 0. The first-order valence-corrected chi connectivity index (χ1v) is 8.56. The smallest absolute Gasteiger partial charge is 0.271 e. The molecule has 1 saturated heterocycles. The van der Waals surface area contributed by atoms with E-state index in [0.29, 0.717) is 30.3 Å². The molecule has 0 spiro atoms. The lowest BCUT2D eigenvalue weighted by atomic mass is 10.1. The standard InChI is InChI=1S/C18H23N5O2.ClH/c19-17(24)14-4-1-3-13(11-14)6-9-21-18(25)16-7-10-23(22-16)15-5-2-8-20-12-15;/h1,3-4,7,10-11,15,20H,2,5-6,8-9,12H2,(H2,19,24)(H,21,25);1H. The number of nitrogens with one attached hydrogen (secondary N) is 2. The van der Waals surface area contributed by atoms with E-state index in [9.17, 15) is 9.59 Å². The zero-order valence-electron chi connectivity index (χ0n) is 14.5. The van der Waals surface area contributed by atoms with Crippen molar-refractivity contribution in [2.45, 2.75) is 25.3 Å². The van der Waals surface area contributed by atoms with Crippen molar-refractivity contribution in [1.82, 2.24) is 20.4 Å². The highest BCUT2D eigenvalue weighted by atomic mass is 35.5. The van der Waals surface area contributed by atoms with Crippen LogP contribution in [-0.4, -0.2) is 41.2 Å². The van der Waals surface area contributed by atoms with Crippen LogP contribution in [0.15, 0.2) is 36.5 Å². The maximum Gasteiger partial charge on any atom is 0.271 e. The number of aromatic nitrogens is 2. The predicted molar refractivity (Wildman–Crippen MR) is 102 cm³/mol. The van der Waals surface area contributed by atoms with E-state index in [-0.39, 0.29) is 18.3 Å². The van der Waals surface area contributed by atoms with Gasteiger partial charge >= 0.3 is 0 Å². The minimum atomic E-state index is -0.450. The first-order valence-electron chi connectivity index (χ1n) is 8.56. The summed E-state index contributed by atoms with van der Waals surface area (Å²) in [5.74, 6) is -0.637. The van der Waals surface area contributed by atoms with Crippen molar-refractivity contribution in [3.05, 3.63) is 53.3 Å². The number of piperidine rings is 1. The lowest BCUT2D eigenvalue weighted by Gasteiger charge is -2.22. The summed E-state index contributed by atoms with van der Waals surface area (Å²) in [6.45, 7) is 2.40. The summed E-state index contributed by atoms with van der Waals surface area (Å²) in [6, 6.07) is 9.18. The number of amides is 2. The number of primary amides is 1. The normalized spacial score (nSPS) is 16.5. The molecule has 2 aromatic rings.